The zero-order valence-corrected chi connectivity index (χ0v) is 19.9. The zero-order valence-electron chi connectivity index (χ0n) is 19.9. The second-order valence-corrected chi connectivity index (χ2v) is 7.97. The molecule has 0 aliphatic heterocycles. The smallest absolute Gasteiger partial charge is 0.326 e. The van der Waals surface area contributed by atoms with Crippen molar-refractivity contribution >= 4 is 35.6 Å². The summed E-state index contributed by atoms with van der Waals surface area (Å²) in [6.07, 6.45) is 2.23. The van der Waals surface area contributed by atoms with Gasteiger partial charge in [0.15, 0.2) is 5.96 Å². The maximum atomic E-state index is 12.8. The number of imidazole rings is 1. The number of aromatic amines is 1. The minimum Gasteiger partial charge on any atom is -0.481 e. The van der Waals surface area contributed by atoms with Crippen molar-refractivity contribution in [2.45, 2.75) is 56.3 Å². The lowest BCUT2D eigenvalue weighted by Gasteiger charge is -2.24. The largest absolute Gasteiger partial charge is 0.481 e. The van der Waals surface area contributed by atoms with E-state index >= 15 is 0 Å². The number of hydrogen-bond acceptors (Lipinski definition) is 9. The number of nitrogens with zero attached hydrogens (tertiary/aromatic N) is 2. The molecule has 0 bridgehead atoms. The number of nitrogens with two attached hydrogens (primary N) is 3. The topological polar surface area (TPSA) is 301 Å². The Morgan fingerprint density at radius 3 is 2.14 bits per heavy atom. The fourth-order valence-electron chi connectivity index (χ4n) is 3.04. The molecule has 0 saturated carbocycles. The fourth-order valence-corrected chi connectivity index (χ4v) is 3.04. The number of aliphatic hydroxyl groups is 1. The van der Waals surface area contributed by atoms with Gasteiger partial charge in [0.25, 0.3) is 0 Å². The summed E-state index contributed by atoms with van der Waals surface area (Å²) >= 11 is 0. The maximum absolute atomic E-state index is 12.8. The number of guanidine groups is 1. The number of carbonyl (C=O) groups is 5. The third-order valence-corrected chi connectivity index (χ3v) is 4.99. The molecule has 4 unspecified atom stereocenters. The predicted octanol–water partition coefficient (Wildman–Crippen LogP) is -4.27. The molecule has 1 aromatic heterocycles. The Labute approximate surface area is 211 Å². The third kappa shape index (κ3) is 11.8. The number of nitrogens with one attached hydrogen (secondary N) is 4. The summed E-state index contributed by atoms with van der Waals surface area (Å²) < 4.78 is 0. The third-order valence-electron chi connectivity index (χ3n) is 4.99. The quantitative estimate of drug-likeness (QED) is 0.0523. The van der Waals surface area contributed by atoms with Crippen molar-refractivity contribution in [1.29, 1.82) is 0 Å². The van der Waals surface area contributed by atoms with Crippen LogP contribution in [0.5, 0.6) is 0 Å². The van der Waals surface area contributed by atoms with E-state index in [-0.39, 0.29) is 38.2 Å². The SMILES string of the molecule is NC(N)=NCCCC(NC(=O)C(CO)NC(=O)C(CCC(=O)O)NC(=O)C(N)Cc1cnc[nH]1)C(=O)O. The van der Waals surface area contributed by atoms with Crippen molar-refractivity contribution < 1.29 is 39.3 Å². The highest BCUT2D eigenvalue weighted by molar-refractivity contribution is 5.94. The molecule has 206 valence electrons. The van der Waals surface area contributed by atoms with Crippen LogP contribution in [0.4, 0.5) is 0 Å². The summed E-state index contributed by atoms with van der Waals surface area (Å²) in [4.78, 5) is 70.6. The van der Waals surface area contributed by atoms with E-state index in [1.54, 1.807) is 0 Å². The first-order chi connectivity index (χ1) is 17.4. The van der Waals surface area contributed by atoms with Crippen LogP contribution in [-0.4, -0.2) is 98.2 Å². The van der Waals surface area contributed by atoms with Crippen LogP contribution >= 0.6 is 0 Å². The van der Waals surface area contributed by atoms with Gasteiger partial charge >= 0.3 is 11.9 Å². The van der Waals surface area contributed by atoms with Gasteiger partial charge in [-0.1, -0.05) is 0 Å². The molecule has 3 amide bonds. The molecule has 1 rings (SSSR count). The van der Waals surface area contributed by atoms with Crippen molar-refractivity contribution in [1.82, 2.24) is 25.9 Å². The number of carbonyl (C=O) groups excluding carboxylic acids is 3. The average Bonchev–Trinajstić information content (AvgIpc) is 3.34. The van der Waals surface area contributed by atoms with Crippen molar-refractivity contribution in [2.24, 2.45) is 22.2 Å². The zero-order chi connectivity index (χ0) is 28.0. The molecule has 1 heterocycles. The number of aromatic nitrogens is 2. The number of aliphatic hydroxyl groups excluding tert-OH is 1. The van der Waals surface area contributed by atoms with Crippen molar-refractivity contribution in [3.05, 3.63) is 18.2 Å². The van der Waals surface area contributed by atoms with Crippen LogP contribution in [0.2, 0.25) is 0 Å². The second kappa shape index (κ2) is 15.7. The van der Waals surface area contributed by atoms with Gasteiger partial charge in [-0.15, -0.1) is 0 Å². The van der Waals surface area contributed by atoms with Crippen LogP contribution in [-0.2, 0) is 30.4 Å². The summed E-state index contributed by atoms with van der Waals surface area (Å²) in [6.45, 7) is -0.785. The molecular weight excluding hydrogens is 494 g/mol. The Morgan fingerprint density at radius 2 is 1.59 bits per heavy atom. The maximum Gasteiger partial charge on any atom is 0.326 e. The van der Waals surface area contributed by atoms with Crippen LogP contribution in [0.3, 0.4) is 0 Å². The normalized spacial score (nSPS) is 13.9. The van der Waals surface area contributed by atoms with E-state index in [2.05, 4.69) is 30.9 Å². The van der Waals surface area contributed by atoms with Gasteiger partial charge in [0.1, 0.15) is 18.1 Å². The molecule has 0 aliphatic rings. The summed E-state index contributed by atoms with van der Waals surface area (Å²) in [5.74, 6) is -5.53. The number of aliphatic imine (C=N–C) groups is 1. The molecule has 0 radical (unpaired) electrons. The van der Waals surface area contributed by atoms with Crippen molar-refractivity contribution in [3.63, 3.8) is 0 Å². The number of aliphatic carboxylic acids is 2. The van der Waals surface area contributed by atoms with E-state index in [4.69, 9.17) is 22.3 Å². The number of rotatable bonds is 17. The Balaban J connectivity index is 2.82. The van der Waals surface area contributed by atoms with Gasteiger partial charge in [-0.25, -0.2) is 9.78 Å². The molecule has 17 nitrogen and oxygen atoms in total. The first kappa shape index (κ1) is 30.8. The van der Waals surface area contributed by atoms with Crippen LogP contribution < -0.4 is 33.2 Å². The second-order valence-electron chi connectivity index (χ2n) is 7.97. The van der Waals surface area contributed by atoms with Gasteiger partial charge < -0.3 is 53.5 Å². The first-order valence-corrected chi connectivity index (χ1v) is 11.2. The molecule has 37 heavy (non-hydrogen) atoms. The average molecular weight is 528 g/mol. The fraction of sp³-hybridized carbons (Fsp3) is 0.550. The molecule has 4 atom stereocenters. The Kier molecular flexibility index (Phi) is 13.0. The van der Waals surface area contributed by atoms with Crippen LogP contribution in [0.15, 0.2) is 17.5 Å². The van der Waals surface area contributed by atoms with E-state index in [0.717, 1.165) is 0 Å². The highest BCUT2D eigenvalue weighted by Gasteiger charge is 2.30. The molecule has 0 spiro atoms. The summed E-state index contributed by atoms with van der Waals surface area (Å²) in [5.41, 5.74) is 16.8. The highest BCUT2D eigenvalue weighted by atomic mass is 16.4. The highest BCUT2D eigenvalue weighted by Crippen LogP contribution is 2.04. The van der Waals surface area contributed by atoms with E-state index < -0.39 is 66.9 Å². The number of carboxylic acids is 2. The number of amides is 3. The van der Waals surface area contributed by atoms with Gasteiger partial charge in [0, 0.05) is 31.3 Å². The molecule has 0 aliphatic carbocycles. The van der Waals surface area contributed by atoms with Gasteiger partial charge in [0.05, 0.1) is 19.0 Å². The Hall–Kier alpha value is -4.25. The lowest BCUT2D eigenvalue weighted by atomic mass is 10.1. The van der Waals surface area contributed by atoms with Gasteiger partial charge in [0.2, 0.25) is 17.7 Å². The van der Waals surface area contributed by atoms with E-state index in [1.807, 2.05) is 0 Å². The summed E-state index contributed by atoms with van der Waals surface area (Å²) in [7, 11) is 0. The number of carboxylic acid groups (broad SMARTS) is 2. The monoisotopic (exact) mass is 527 g/mol. The predicted molar refractivity (Wildman–Crippen MR) is 128 cm³/mol. The lowest BCUT2D eigenvalue weighted by molar-refractivity contribution is -0.142. The van der Waals surface area contributed by atoms with Crippen molar-refractivity contribution in [2.75, 3.05) is 13.2 Å². The minimum atomic E-state index is -1.59. The summed E-state index contributed by atoms with van der Waals surface area (Å²) in [5, 5.41) is 34.7. The number of H-pyrrole nitrogens is 1. The molecule has 1 aromatic rings. The summed E-state index contributed by atoms with van der Waals surface area (Å²) in [6, 6.07) is -5.47. The van der Waals surface area contributed by atoms with E-state index in [0.29, 0.717) is 5.69 Å². The first-order valence-electron chi connectivity index (χ1n) is 11.2. The molecule has 0 saturated heterocycles. The van der Waals surface area contributed by atoms with E-state index in [1.165, 1.54) is 12.5 Å². The molecule has 0 aromatic carbocycles. The molecular formula is C20H33N9O8. The molecule has 17 heteroatoms. The van der Waals surface area contributed by atoms with Gasteiger partial charge in [-0.3, -0.25) is 24.2 Å². The molecule has 0 fully saturated rings. The van der Waals surface area contributed by atoms with Crippen LogP contribution in [0, 0.1) is 0 Å². The van der Waals surface area contributed by atoms with Crippen LogP contribution in [0.25, 0.3) is 0 Å². The number of hydrogen-bond donors (Lipinski definition) is 10. The van der Waals surface area contributed by atoms with E-state index in [9.17, 15) is 34.2 Å². The van der Waals surface area contributed by atoms with Gasteiger partial charge in [-0.2, -0.15) is 0 Å². The standard InChI is InChI=1S/C20H33N9O8/c21-11(6-10-7-24-9-26-10)16(33)27-12(3-4-15(31)32)17(34)29-14(8-30)18(35)28-13(19(36)37)2-1-5-25-20(22)23/h7,9,11-14,30H,1-6,8,21H2,(H,24,26)(H,27,33)(H,28,35)(H,29,34)(H,31,32)(H,36,37)(H4,22,23,25). The lowest BCUT2D eigenvalue weighted by Crippen LogP contribution is -2.58. The Bertz CT molecular complexity index is 950. The van der Waals surface area contributed by atoms with Crippen molar-refractivity contribution in [3.8, 4) is 0 Å². The molecule has 13 N–H and O–H groups in total. The minimum absolute atomic E-state index is 0.0462. The van der Waals surface area contributed by atoms with Crippen LogP contribution in [0.1, 0.15) is 31.4 Å². The van der Waals surface area contributed by atoms with Gasteiger partial charge in [-0.05, 0) is 19.3 Å². The Morgan fingerprint density at radius 1 is 0.973 bits per heavy atom.